The van der Waals surface area contributed by atoms with Crippen LogP contribution in [-0.4, -0.2) is 51.8 Å². The normalized spacial score (nSPS) is 10.7. The summed E-state index contributed by atoms with van der Waals surface area (Å²) in [6.07, 6.45) is 0.742. The summed E-state index contributed by atoms with van der Waals surface area (Å²) >= 11 is 0. The van der Waals surface area contributed by atoms with Crippen molar-refractivity contribution in [3.05, 3.63) is 42.0 Å². The molecule has 24 heavy (non-hydrogen) atoms. The lowest BCUT2D eigenvalue weighted by Gasteiger charge is -2.11. The summed E-state index contributed by atoms with van der Waals surface area (Å²) in [5, 5.41) is 2.47. The van der Waals surface area contributed by atoms with Gasteiger partial charge in [-0.25, -0.2) is 9.59 Å². The van der Waals surface area contributed by atoms with E-state index in [4.69, 9.17) is 21.9 Å². The highest BCUT2D eigenvalue weighted by Gasteiger charge is 2.13. The van der Waals surface area contributed by atoms with E-state index in [1.807, 2.05) is 0 Å². The van der Waals surface area contributed by atoms with E-state index in [9.17, 15) is 18.0 Å². The Morgan fingerprint density at radius 3 is 2.62 bits per heavy atom. The molecule has 10 heteroatoms. The molecule has 1 amide bonds. The highest BCUT2D eigenvalue weighted by Crippen LogP contribution is 2.18. The molecule has 8 nitrogen and oxygen atoms in total. The Labute approximate surface area is 141 Å². The minimum Gasteiger partial charge on any atom is -0.461 e. The van der Waals surface area contributed by atoms with Gasteiger partial charge in [-0.15, -0.1) is 0 Å². The second-order valence-electron chi connectivity index (χ2n) is 4.51. The van der Waals surface area contributed by atoms with Crippen LogP contribution in [-0.2, 0) is 25.9 Å². The Kier molecular flexibility index (Phi) is 7.47. The van der Waals surface area contributed by atoms with E-state index < -0.39 is 34.5 Å². The van der Waals surface area contributed by atoms with Crippen LogP contribution in [0.1, 0.15) is 15.9 Å². The fourth-order valence-electron chi connectivity index (χ4n) is 1.62. The summed E-state index contributed by atoms with van der Waals surface area (Å²) in [6, 6.07) is 4.22. The van der Waals surface area contributed by atoms with Gasteiger partial charge in [-0.3, -0.25) is 9.87 Å². The van der Waals surface area contributed by atoms with Gasteiger partial charge in [-0.05, 0) is 23.8 Å². The smallest absolute Gasteiger partial charge is 0.411 e. The first-order valence-electron chi connectivity index (χ1n) is 6.76. The molecule has 2 N–H and O–H groups in total. The van der Waals surface area contributed by atoms with Crippen LogP contribution in [0.3, 0.4) is 0 Å². The Morgan fingerprint density at radius 2 is 2.04 bits per heavy atom. The van der Waals surface area contributed by atoms with Crippen LogP contribution in [0.15, 0.2) is 30.9 Å². The van der Waals surface area contributed by atoms with Gasteiger partial charge in [-0.1, -0.05) is 19.0 Å². The maximum Gasteiger partial charge on any atom is 0.411 e. The number of hydrogen-bond donors (Lipinski definition) is 2. The molecule has 0 spiro atoms. The first-order valence-corrected chi connectivity index (χ1v) is 8.37. The van der Waals surface area contributed by atoms with Crippen LogP contribution < -0.4 is 5.32 Å². The lowest BCUT2D eigenvalue weighted by Crippen LogP contribution is -2.16. The first-order chi connectivity index (χ1) is 11.3. The molecule has 1 aromatic carbocycles. The number of esters is 1. The zero-order chi connectivity index (χ0) is 18.2. The van der Waals surface area contributed by atoms with Crippen LogP contribution in [0.25, 0.3) is 0 Å². The highest BCUT2D eigenvalue weighted by atomic mass is 32.2. The number of amides is 1. The Balaban J connectivity index is 2.76. The minimum atomic E-state index is -4.21. The maximum absolute atomic E-state index is 11.8. The van der Waals surface area contributed by atoms with Crippen molar-refractivity contribution in [2.24, 2.45) is 0 Å². The summed E-state index contributed by atoms with van der Waals surface area (Å²) in [6.45, 7) is 2.98. The lowest BCUT2D eigenvalue weighted by molar-refractivity contribution is 0.0528. The molecule has 0 atom stereocenters. The Hall–Kier alpha value is -2.33. The van der Waals surface area contributed by atoms with Gasteiger partial charge in [0, 0.05) is 5.69 Å². The lowest BCUT2D eigenvalue weighted by atomic mass is 9.94. The monoisotopic (exact) mass is 353 g/mol. The van der Waals surface area contributed by atoms with E-state index >= 15 is 0 Å². The van der Waals surface area contributed by atoms with Gasteiger partial charge in [0.05, 0.1) is 13.4 Å². The molecule has 2 radical (unpaired) electrons. The van der Waals surface area contributed by atoms with Crippen LogP contribution in [0, 0.1) is 0 Å². The number of carbonyl (C=O) groups excluding carboxylic acids is 2. The van der Waals surface area contributed by atoms with Crippen molar-refractivity contribution in [3.8, 4) is 0 Å². The third kappa shape index (κ3) is 6.84. The molecule has 0 aromatic heterocycles. The fourth-order valence-corrected chi connectivity index (χ4v) is 1.91. The second kappa shape index (κ2) is 9.09. The van der Waals surface area contributed by atoms with E-state index in [0.717, 1.165) is 0 Å². The number of anilines is 1. The Bertz CT molecular complexity index is 718. The number of benzene rings is 1. The molecular formula is C14H16BNO7S. The van der Waals surface area contributed by atoms with E-state index in [1.54, 1.807) is 0 Å². The quantitative estimate of drug-likeness (QED) is 0.311. The van der Waals surface area contributed by atoms with E-state index in [1.165, 1.54) is 24.3 Å². The number of hydrogen-bond acceptors (Lipinski definition) is 6. The third-order valence-corrected chi connectivity index (χ3v) is 3.39. The number of carbonyl (C=O) groups is 2. The van der Waals surface area contributed by atoms with Gasteiger partial charge >= 0.3 is 12.1 Å². The summed E-state index contributed by atoms with van der Waals surface area (Å²) in [5.41, 5.74) is 0.937. The van der Waals surface area contributed by atoms with Crippen molar-refractivity contribution < 1.29 is 32.0 Å². The van der Waals surface area contributed by atoms with Crippen molar-refractivity contribution in [2.75, 3.05) is 24.3 Å². The summed E-state index contributed by atoms with van der Waals surface area (Å²) in [7, 11) is 1.37. The fraction of sp³-hybridized carbons (Fsp3) is 0.286. The molecule has 0 unspecified atom stereocenters. The molecule has 0 aliphatic heterocycles. The molecule has 128 valence electrons. The molecule has 1 rings (SSSR count). The van der Waals surface area contributed by atoms with Gasteiger partial charge in [0.1, 0.15) is 19.0 Å². The standard InChI is InChI=1S/C14H16BNO7S/c1-2-5-23-14(18)16-12-4-3-10(8-11(12)9-15)13(17)22-6-7-24(19,20)21/h2-4,8H,1,5-7,9H2,(H,16,18)(H,19,20,21). The van der Waals surface area contributed by atoms with Crippen molar-refractivity contribution in [3.63, 3.8) is 0 Å². The van der Waals surface area contributed by atoms with Crippen LogP contribution in [0.2, 0.25) is 0 Å². The van der Waals surface area contributed by atoms with Crippen molar-refractivity contribution in [1.29, 1.82) is 0 Å². The first kappa shape index (κ1) is 19.7. The summed E-state index contributed by atoms with van der Waals surface area (Å²) in [4.78, 5) is 23.3. The molecule has 0 heterocycles. The topological polar surface area (TPSA) is 119 Å². The SMILES string of the molecule is [B]Cc1cc(C(=O)OCCS(=O)(=O)O)ccc1NC(=O)OCC=C. The number of rotatable bonds is 8. The Morgan fingerprint density at radius 1 is 1.33 bits per heavy atom. The van der Waals surface area contributed by atoms with Crippen LogP contribution in [0.5, 0.6) is 0 Å². The summed E-state index contributed by atoms with van der Waals surface area (Å²) in [5.74, 6) is -1.48. The number of ether oxygens (including phenoxy) is 2. The molecule has 0 saturated carbocycles. The molecule has 0 aliphatic rings. The molecule has 0 saturated heterocycles. The van der Waals surface area contributed by atoms with Gasteiger partial charge < -0.3 is 9.47 Å². The van der Waals surface area contributed by atoms with Crippen LogP contribution >= 0.6 is 0 Å². The van der Waals surface area contributed by atoms with Gasteiger partial charge in [0.2, 0.25) is 0 Å². The van der Waals surface area contributed by atoms with E-state index in [0.29, 0.717) is 11.3 Å². The molecule has 1 aromatic rings. The van der Waals surface area contributed by atoms with Crippen molar-refractivity contribution in [1.82, 2.24) is 0 Å². The van der Waals surface area contributed by atoms with Crippen molar-refractivity contribution >= 4 is 35.7 Å². The predicted octanol–water partition coefficient (Wildman–Crippen LogP) is 1.13. The average molecular weight is 353 g/mol. The molecule has 0 aliphatic carbocycles. The van der Waals surface area contributed by atoms with Gasteiger partial charge in [0.15, 0.2) is 0 Å². The number of nitrogens with one attached hydrogen (secondary N) is 1. The third-order valence-electron chi connectivity index (χ3n) is 2.70. The van der Waals surface area contributed by atoms with Gasteiger partial charge in [-0.2, -0.15) is 8.42 Å². The average Bonchev–Trinajstić information content (AvgIpc) is 2.51. The zero-order valence-electron chi connectivity index (χ0n) is 12.7. The van der Waals surface area contributed by atoms with Crippen molar-refractivity contribution in [2.45, 2.75) is 6.32 Å². The molecular weight excluding hydrogens is 337 g/mol. The van der Waals surface area contributed by atoms with E-state index in [2.05, 4.69) is 11.9 Å². The zero-order valence-corrected chi connectivity index (χ0v) is 13.5. The summed E-state index contributed by atoms with van der Waals surface area (Å²) < 4.78 is 39.2. The second-order valence-corrected chi connectivity index (χ2v) is 6.08. The molecule has 0 fully saturated rings. The van der Waals surface area contributed by atoms with Gasteiger partial charge in [0.25, 0.3) is 10.1 Å². The highest BCUT2D eigenvalue weighted by molar-refractivity contribution is 7.85. The predicted molar refractivity (Wildman–Crippen MR) is 87.8 cm³/mol. The largest absolute Gasteiger partial charge is 0.461 e. The van der Waals surface area contributed by atoms with Crippen LogP contribution in [0.4, 0.5) is 10.5 Å². The van der Waals surface area contributed by atoms with E-state index in [-0.39, 0.29) is 18.5 Å². The minimum absolute atomic E-state index is 0.0310. The molecule has 0 bridgehead atoms. The maximum atomic E-state index is 11.8.